The summed E-state index contributed by atoms with van der Waals surface area (Å²) in [7, 11) is -1.43. The summed E-state index contributed by atoms with van der Waals surface area (Å²) < 4.78 is 11.9. The Morgan fingerprint density at radius 3 is 2.82 bits per heavy atom. The second-order valence-electron chi connectivity index (χ2n) is 3.52. The van der Waals surface area contributed by atoms with Gasteiger partial charge in [-0.15, -0.1) is 0 Å². The first-order valence-electron chi connectivity index (χ1n) is 5.24. The molecule has 1 rings (SSSR count). The van der Waals surface area contributed by atoms with Gasteiger partial charge in [0.25, 0.3) is 0 Å². The third kappa shape index (κ3) is 4.36. The van der Waals surface area contributed by atoms with Crippen LogP contribution in [0.4, 0.5) is 5.69 Å². The molecule has 0 fully saturated rings. The highest BCUT2D eigenvalue weighted by Crippen LogP contribution is 2.21. The quantitative estimate of drug-likeness (QED) is 0.801. The van der Waals surface area contributed by atoms with Gasteiger partial charge in [0, 0.05) is 17.3 Å². The minimum absolute atomic E-state index is 0.0775. The highest BCUT2D eigenvalue weighted by atomic mass is 35.5. The van der Waals surface area contributed by atoms with Gasteiger partial charge in [-0.25, -0.2) is 0 Å². The van der Waals surface area contributed by atoms with Crippen molar-refractivity contribution in [2.75, 3.05) is 18.0 Å². The van der Waals surface area contributed by atoms with E-state index in [1.165, 1.54) is 6.07 Å². The van der Waals surface area contributed by atoms with Gasteiger partial charge in [-0.05, 0) is 24.6 Å². The first-order chi connectivity index (χ1) is 8.04. The van der Waals surface area contributed by atoms with Gasteiger partial charge < -0.3 is 11.1 Å². The van der Waals surface area contributed by atoms with E-state index in [0.29, 0.717) is 22.2 Å². The van der Waals surface area contributed by atoms with E-state index in [2.05, 4.69) is 5.32 Å². The molecule has 0 aromatic heterocycles. The maximum absolute atomic E-state index is 11.9. The van der Waals surface area contributed by atoms with E-state index in [0.717, 1.165) is 6.42 Å². The van der Waals surface area contributed by atoms with Crippen molar-refractivity contribution < 1.29 is 9.00 Å². The minimum Gasteiger partial charge on any atom is -0.398 e. The van der Waals surface area contributed by atoms with Gasteiger partial charge in [-0.2, -0.15) is 0 Å². The van der Waals surface area contributed by atoms with Crippen LogP contribution in [-0.2, 0) is 15.6 Å². The zero-order chi connectivity index (χ0) is 12.8. The van der Waals surface area contributed by atoms with Crippen molar-refractivity contribution in [1.29, 1.82) is 0 Å². The summed E-state index contributed by atoms with van der Waals surface area (Å²) in [4.78, 5) is 11.8. The maximum atomic E-state index is 11.9. The molecule has 0 aliphatic heterocycles. The molecule has 4 nitrogen and oxygen atoms in total. The highest BCUT2D eigenvalue weighted by Gasteiger charge is 2.12. The van der Waals surface area contributed by atoms with Gasteiger partial charge in [0.05, 0.1) is 15.7 Å². The van der Waals surface area contributed by atoms with Gasteiger partial charge in [0.15, 0.2) is 0 Å². The predicted molar refractivity (Wildman–Crippen MR) is 70.4 cm³/mol. The fourth-order valence-electron chi connectivity index (χ4n) is 1.24. The van der Waals surface area contributed by atoms with Crippen LogP contribution < -0.4 is 11.1 Å². The summed E-state index contributed by atoms with van der Waals surface area (Å²) in [5.41, 5.74) is 6.04. The Bertz CT molecular complexity index is 437. The van der Waals surface area contributed by atoms with Crippen molar-refractivity contribution in [2.45, 2.75) is 18.2 Å². The fraction of sp³-hybridized carbons (Fsp3) is 0.364. The van der Waals surface area contributed by atoms with Crippen LogP contribution in [0.1, 0.15) is 13.3 Å². The Morgan fingerprint density at radius 1 is 1.53 bits per heavy atom. The van der Waals surface area contributed by atoms with Crippen molar-refractivity contribution >= 4 is 34.0 Å². The normalized spacial score (nSPS) is 12.1. The summed E-state index contributed by atoms with van der Waals surface area (Å²) in [5, 5.41) is 3.15. The predicted octanol–water partition coefficient (Wildman–Crippen LogP) is 1.56. The zero-order valence-corrected chi connectivity index (χ0v) is 11.1. The number of carbonyl (C=O) groups is 1. The zero-order valence-electron chi connectivity index (χ0n) is 9.53. The fourth-order valence-corrected chi connectivity index (χ4v) is 2.46. The highest BCUT2D eigenvalue weighted by molar-refractivity contribution is 7.86. The van der Waals surface area contributed by atoms with Gasteiger partial charge >= 0.3 is 0 Å². The van der Waals surface area contributed by atoms with Crippen LogP contribution in [0.5, 0.6) is 0 Å². The topological polar surface area (TPSA) is 72.2 Å². The first kappa shape index (κ1) is 14.0. The van der Waals surface area contributed by atoms with Gasteiger partial charge in [-0.3, -0.25) is 9.00 Å². The molecule has 0 aliphatic carbocycles. The molecular formula is C11H15ClN2O2S. The number of hydrogen-bond donors (Lipinski definition) is 2. The summed E-state index contributed by atoms with van der Waals surface area (Å²) in [6.07, 6.45) is 0.849. The molecule has 0 saturated carbocycles. The molecule has 94 valence electrons. The molecular weight excluding hydrogens is 260 g/mol. The lowest BCUT2D eigenvalue weighted by Gasteiger charge is -2.06. The number of hydrogen-bond acceptors (Lipinski definition) is 3. The average molecular weight is 275 g/mol. The Kier molecular flexibility index (Phi) is 5.44. The molecule has 1 amide bonds. The van der Waals surface area contributed by atoms with Crippen molar-refractivity contribution in [2.24, 2.45) is 0 Å². The number of benzene rings is 1. The van der Waals surface area contributed by atoms with Crippen molar-refractivity contribution in [1.82, 2.24) is 5.32 Å². The summed E-state index contributed by atoms with van der Waals surface area (Å²) in [6.45, 7) is 2.54. The number of amides is 1. The van der Waals surface area contributed by atoms with E-state index >= 15 is 0 Å². The standard InChI is InChI=1S/C11H15ClN2O2S/c1-2-5-14-11(15)7-17(16)10-4-3-8(12)6-9(10)13/h3-4,6H,2,5,7,13H2,1H3,(H,14,15). The Hall–Kier alpha value is -1.07. The Labute approximate surface area is 108 Å². The molecule has 1 aromatic carbocycles. The van der Waals surface area contributed by atoms with Gasteiger partial charge in [-0.1, -0.05) is 18.5 Å². The molecule has 0 spiro atoms. The maximum Gasteiger partial charge on any atom is 0.233 e. The average Bonchev–Trinajstić information content (AvgIpc) is 2.26. The minimum atomic E-state index is -1.43. The van der Waals surface area contributed by atoms with Crippen molar-refractivity contribution in [3.8, 4) is 0 Å². The lowest BCUT2D eigenvalue weighted by molar-refractivity contribution is -0.118. The van der Waals surface area contributed by atoms with Crippen molar-refractivity contribution in [3.63, 3.8) is 0 Å². The number of nitrogens with one attached hydrogen (secondary N) is 1. The second kappa shape index (κ2) is 6.61. The van der Waals surface area contributed by atoms with Gasteiger partial charge in [0.2, 0.25) is 5.91 Å². The van der Waals surface area contributed by atoms with Crippen LogP contribution >= 0.6 is 11.6 Å². The molecule has 1 unspecified atom stereocenters. The molecule has 6 heteroatoms. The van der Waals surface area contributed by atoms with E-state index in [4.69, 9.17) is 17.3 Å². The smallest absolute Gasteiger partial charge is 0.233 e. The van der Waals surface area contributed by atoms with E-state index in [9.17, 15) is 9.00 Å². The first-order valence-corrected chi connectivity index (χ1v) is 6.94. The molecule has 0 radical (unpaired) electrons. The monoisotopic (exact) mass is 274 g/mol. The largest absolute Gasteiger partial charge is 0.398 e. The number of rotatable bonds is 5. The SMILES string of the molecule is CCCNC(=O)CS(=O)c1ccc(Cl)cc1N. The van der Waals surface area contributed by atoms with Crippen LogP contribution in [0.2, 0.25) is 5.02 Å². The molecule has 0 bridgehead atoms. The molecule has 3 N–H and O–H groups in total. The third-order valence-electron chi connectivity index (χ3n) is 2.05. The number of nitrogens with two attached hydrogens (primary N) is 1. The van der Waals surface area contributed by atoms with Crippen LogP contribution in [-0.4, -0.2) is 22.4 Å². The van der Waals surface area contributed by atoms with Crippen molar-refractivity contribution in [3.05, 3.63) is 23.2 Å². The molecule has 0 saturated heterocycles. The number of carbonyl (C=O) groups excluding carboxylic acids is 1. The summed E-state index contributed by atoms with van der Waals surface area (Å²) >= 11 is 5.74. The van der Waals surface area contributed by atoms with Gasteiger partial charge in [0.1, 0.15) is 5.75 Å². The molecule has 1 aromatic rings. The number of anilines is 1. The van der Waals surface area contributed by atoms with E-state index in [1.54, 1.807) is 12.1 Å². The van der Waals surface area contributed by atoms with Crippen LogP contribution in [0.15, 0.2) is 23.1 Å². The summed E-state index contributed by atoms with van der Waals surface area (Å²) in [5.74, 6) is -0.314. The molecule has 0 aliphatic rings. The van der Waals surface area contributed by atoms with E-state index in [-0.39, 0.29) is 11.7 Å². The molecule has 17 heavy (non-hydrogen) atoms. The second-order valence-corrected chi connectivity index (χ2v) is 5.38. The number of halogens is 1. The van der Waals surface area contributed by atoms with Crippen LogP contribution in [0, 0.1) is 0 Å². The van der Waals surface area contributed by atoms with Crippen LogP contribution in [0.3, 0.4) is 0 Å². The Balaban J connectivity index is 2.67. The number of nitrogen functional groups attached to an aromatic ring is 1. The lowest BCUT2D eigenvalue weighted by Crippen LogP contribution is -2.29. The lowest BCUT2D eigenvalue weighted by atomic mass is 10.3. The summed E-state index contributed by atoms with van der Waals surface area (Å²) in [6, 6.07) is 4.72. The molecule has 1 atom stereocenters. The van der Waals surface area contributed by atoms with E-state index in [1.807, 2.05) is 6.92 Å². The Morgan fingerprint density at radius 2 is 2.24 bits per heavy atom. The van der Waals surface area contributed by atoms with E-state index < -0.39 is 10.8 Å². The van der Waals surface area contributed by atoms with Crippen LogP contribution in [0.25, 0.3) is 0 Å². The molecule has 0 heterocycles. The third-order valence-corrected chi connectivity index (χ3v) is 3.67.